The average Bonchev–Trinajstić information content (AvgIpc) is 3.17. The minimum atomic E-state index is 0.00285. The highest BCUT2D eigenvalue weighted by Gasteiger charge is 2.41. The van der Waals surface area contributed by atoms with E-state index in [1.54, 1.807) is 16.7 Å². The Labute approximate surface area is 136 Å². The van der Waals surface area contributed by atoms with Crippen LogP contribution in [0.3, 0.4) is 0 Å². The molecular weight excluding hydrogens is 286 g/mol. The predicted molar refractivity (Wildman–Crippen MR) is 91.4 cm³/mol. The first kappa shape index (κ1) is 14.9. The van der Waals surface area contributed by atoms with Crippen molar-refractivity contribution in [2.24, 2.45) is 17.8 Å². The molecule has 0 aromatic carbocycles. The first-order valence-corrected chi connectivity index (χ1v) is 8.83. The molecule has 2 aromatic heterocycles. The minimum absolute atomic E-state index is 0.00285. The number of aromatic nitrogens is 2. The van der Waals surface area contributed by atoms with E-state index in [0.29, 0.717) is 12.6 Å². The van der Waals surface area contributed by atoms with Crippen molar-refractivity contribution in [3.05, 3.63) is 46.0 Å². The number of hydrogen-bond donors (Lipinski definition) is 1. The van der Waals surface area contributed by atoms with Gasteiger partial charge in [0.15, 0.2) is 0 Å². The summed E-state index contributed by atoms with van der Waals surface area (Å²) in [5, 5.41) is 3.63. The molecule has 2 aromatic rings. The number of hydrogen-bond acceptors (Lipinski definition) is 3. The van der Waals surface area contributed by atoms with Crippen LogP contribution in [-0.4, -0.2) is 15.4 Å². The van der Waals surface area contributed by atoms with E-state index in [-0.39, 0.29) is 5.56 Å². The molecule has 4 heteroatoms. The standard InChI is InChI=1S/C19H25N3O/c1-12-4-3-7-22-18(23)10-16(21-19(12)22)11-20-13(2)17-9-14-5-6-15(17)8-14/h3-4,7,10,13-15,17,20H,5-6,8-9,11H2,1-2H3/t13-,14+,15+,17-/m1/s1. The number of nitrogens with one attached hydrogen (secondary N) is 1. The average molecular weight is 311 g/mol. The maximum absolute atomic E-state index is 12.3. The Hall–Kier alpha value is -1.68. The molecule has 1 N–H and O–H groups in total. The predicted octanol–water partition coefficient (Wildman–Crippen LogP) is 2.92. The second-order valence-electron chi connectivity index (χ2n) is 7.48. The number of pyridine rings is 1. The third-order valence-corrected chi connectivity index (χ3v) is 5.98. The molecule has 0 amide bonds. The van der Waals surface area contributed by atoms with E-state index < -0.39 is 0 Å². The molecule has 2 fully saturated rings. The van der Waals surface area contributed by atoms with E-state index >= 15 is 0 Å². The molecule has 2 saturated carbocycles. The van der Waals surface area contributed by atoms with Gasteiger partial charge in [-0.1, -0.05) is 12.5 Å². The number of rotatable bonds is 4. The Balaban J connectivity index is 1.50. The van der Waals surface area contributed by atoms with Crippen molar-refractivity contribution in [1.29, 1.82) is 0 Å². The fourth-order valence-corrected chi connectivity index (χ4v) is 4.72. The maximum atomic E-state index is 12.3. The van der Waals surface area contributed by atoms with Gasteiger partial charge in [0.2, 0.25) is 0 Å². The molecular formula is C19H25N3O. The zero-order chi connectivity index (χ0) is 16.0. The van der Waals surface area contributed by atoms with Crippen molar-refractivity contribution in [3.63, 3.8) is 0 Å². The Morgan fingerprint density at radius 1 is 1.39 bits per heavy atom. The van der Waals surface area contributed by atoms with Crippen molar-refractivity contribution >= 4 is 5.65 Å². The molecule has 2 heterocycles. The van der Waals surface area contributed by atoms with Crippen LogP contribution >= 0.6 is 0 Å². The quantitative estimate of drug-likeness (QED) is 0.944. The molecule has 0 spiro atoms. The second kappa shape index (κ2) is 5.75. The van der Waals surface area contributed by atoms with Crippen LogP contribution in [0.15, 0.2) is 29.2 Å². The lowest BCUT2D eigenvalue weighted by Crippen LogP contribution is -2.36. The van der Waals surface area contributed by atoms with Gasteiger partial charge in [0.1, 0.15) is 5.65 Å². The number of aryl methyl sites for hydroxylation is 1. The molecule has 0 unspecified atom stereocenters. The van der Waals surface area contributed by atoms with Gasteiger partial charge in [-0.25, -0.2) is 4.98 Å². The fraction of sp³-hybridized carbons (Fsp3) is 0.579. The summed E-state index contributed by atoms with van der Waals surface area (Å²) in [5.74, 6) is 2.69. The number of fused-ring (bicyclic) bond motifs is 3. The van der Waals surface area contributed by atoms with Gasteiger partial charge in [-0.2, -0.15) is 0 Å². The highest BCUT2D eigenvalue weighted by Crippen LogP contribution is 2.49. The normalized spacial score (nSPS) is 27.7. The summed E-state index contributed by atoms with van der Waals surface area (Å²) in [6.07, 6.45) is 7.45. The summed E-state index contributed by atoms with van der Waals surface area (Å²) in [6.45, 7) is 4.97. The van der Waals surface area contributed by atoms with Crippen LogP contribution in [0.4, 0.5) is 0 Å². The first-order chi connectivity index (χ1) is 11.1. The van der Waals surface area contributed by atoms with Crippen LogP contribution in [0.2, 0.25) is 0 Å². The van der Waals surface area contributed by atoms with E-state index in [1.807, 2.05) is 19.1 Å². The van der Waals surface area contributed by atoms with Crippen molar-refractivity contribution in [2.45, 2.75) is 52.1 Å². The van der Waals surface area contributed by atoms with Crippen molar-refractivity contribution < 1.29 is 0 Å². The van der Waals surface area contributed by atoms with E-state index in [9.17, 15) is 4.79 Å². The highest BCUT2D eigenvalue weighted by atomic mass is 16.1. The molecule has 4 rings (SSSR count). The van der Waals surface area contributed by atoms with Crippen molar-refractivity contribution in [1.82, 2.24) is 14.7 Å². The minimum Gasteiger partial charge on any atom is -0.308 e. The summed E-state index contributed by atoms with van der Waals surface area (Å²) in [5.41, 5.74) is 2.65. The summed E-state index contributed by atoms with van der Waals surface area (Å²) < 4.78 is 1.62. The third kappa shape index (κ3) is 2.69. The van der Waals surface area contributed by atoms with Gasteiger partial charge in [0.25, 0.3) is 5.56 Å². The van der Waals surface area contributed by atoms with Gasteiger partial charge in [0, 0.05) is 24.8 Å². The largest absolute Gasteiger partial charge is 0.308 e. The smallest absolute Gasteiger partial charge is 0.258 e. The van der Waals surface area contributed by atoms with Crippen molar-refractivity contribution in [3.8, 4) is 0 Å². The molecule has 0 radical (unpaired) electrons. The van der Waals surface area contributed by atoms with Gasteiger partial charge in [-0.15, -0.1) is 0 Å². The van der Waals surface area contributed by atoms with Crippen LogP contribution < -0.4 is 10.9 Å². The molecule has 2 aliphatic carbocycles. The topological polar surface area (TPSA) is 46.4 Å². The lowest BCUT2D eigenvalue weighted by molar-refractivity contribution is 0.259. The van der Waals surface area contributed by atoms with Gasteiger partial charge in [-0.3, -0.25) is 9.20 Å². The Morgan fingerprint density at radius 2 is 2.26 bits per heavy atom. The van der Waals surface area contributed by atoms with Crippen LogP contribution in [0, 0.1) is 24.7 Å². The third-order valence-electron chi connectivity index (χ3n) is 5.98. The molecule has 0 saturated heterocycles. The molecule has 23 heavy (non-hydrogen) atoms. The molecule has 122 valence electrons. The summed E-state index contributed by atoms with van der Waals surface area (Å²) in [6, 6.07) is 6.05. The van der Waals surface area contributed by atoms with Gasteiger partial charge in [0.05, 0.1) is 5.69 Å². The monoisotopic (exact) mass is 311 g/mol. The number of nitrogens with zero attached hydrogens (tertiary/aromatic N) is 2. The molecule has 4 atom stereocenters. The van der Waals surface area contributed by atoms with Crippen LogP contribution in [0.5, 0.6) is 0 Å². The Kier molecular flexibility index (Phi) is 3.72. The Morgan fingerprint density at radius 3 is 3.00 bits per heavy atom. The lowest BCUT2D eigenvalue weighted by Gasteiger charge is -2.28. The Bertz CT molecular complexity index is 782. The SMILES string of the molecule is Cc1cccn2c(=O)cc(CN[C@H](C)[C@H]3C[C@H]4CC[C@H]3C4)nc12. The fourth-order valence-electron chi connectivity index (χ4n) is 4.72. The first-order valence-electron chi connectivity index (χ1n) is 8.83. The summed E-state index contributed by atoms with van der Waals surface area (Å²) in [4.78, 5) is 16.9. The lowest BCUT2D eigenvalue weighted by atomic mass is 9.84. The van der Waals surface area contributed by atoms with E-state index in [1.165, 1.54) is 25.7 Å². The second-order valence-corrected chi connectivity index (χ2v) is 7.48. The van der Waals surface area contributed by atoms with Crippen LogP contribution in [-0.2, 0) is 6.54 Å². The molecule has 2 aliphatic rings. The molecule has 4 nitrogen and oxygen atoms in total. The van der Waals surface area contributed by atoms with E-state index in [2.05, 4.69) is 17.2 Å². The van der Waals surface area contributed by atoms with Crippen LogP contribution in [0.25, 0.3) is 5.65 Å². The maximum Gasteiger partial charge on any atom is 0.258 e. The van der Waals surface area contributed by atoms with Gasteiger partial charge < -0.3 is 5.32 Å². The molecule has 2 bridgehead atoms. The highest BCUT2D eigenvalue weighted by molar-refractivity contribution is 5.46. The van der Waals surface area contributed by atoms with Gasteiger partial charge in [-0.05, 0) is 62.5 Å². The zero-order valence-electron chi connectivity index (χ0n) is 14.0. The molecule has 0 aliphatic heterocycles. The van der Waals surface area contributed by atoms with Crippen LogP contribution in [0.1, 0.15) is 43.9 Å². The zero-order valence-corrected chi connectivity index (χ0v) is 14.0. The van der Waals surface area contributed by atoms with Crippen molar-refractivity contribution in [2.75, 3.05) is 0 Å². The van der Waals surface area contributed by atoms with E-state index in [0.717, 1.165) is 34.7 Å². The van der Waals surface area contributed by atoms with Gasteiger partial charge >= 0.3 is 0 Å². The summed E-state index contributed by atoms with van der Waals surface area (Å²) >= 11 is 0. The summed E-state index contributed by atoms with van der Waals surface area (Å²) in [7, 11) is 0. The van der Waals surface area contributed by atoms with E-state index in [4.69, 9.17) is 0 Å².